The van der Waals surface area contributed by atoms with E-state index in [-0.39, 0.29) is 11.6 Å². The van der Waals surface area contributed by atoms with E-state index in [2.05, 4.69) is 10.6 Å². The predicted molar refractivity (Wildman–Crippen MR) is 61.6 cm³/mol. The van der Waals surface area contributed by atoms with Gasteiger partial charge in [0.2, 0.25) is 0 Å². The predicted octanol–water partition coefficient (Wildman–Crippen LogP) is 1.21. The second-order valence-electron chi connectivity index (χ2n) is 5.46. The Morgan fingerprint density at radius 3 is 2.53 bits per heavy atom. The average Bonchev–Trinajstić information content (AvgIpc) is 2.48. The normalized spacial score (nSPS) is 26.4. The molecule has 0 heterocycles. The van der Waals surface area contributed by atoms with Gasteiger partial charge in [-0.3, -0.25) is 0 Å². The zero-order chi connectivity index (χ0) is 11.5. The summed E-state index contributed by atoms with van der Waals surface area (Å²) in [5, 5.41) is 5.89. The number of nitrogens with one attached hydrogen (secondary N) is 2. The molecule has 0 aromatic heterocycles. The highest BCUT2D eigenvalue weighted by atomic mass is 16.2. The van der Waals surface area contributed by atoms with Gasteiger partial charge in [-0.25, -0.2) is 4.79 Å². The minimum atomic E-state index is -0.171. The molecule has 2 amide bonds. The summed E-state index contributed by atoms with van der Waals surface area (Å²) in [5.41, 5.74) is 5.43. The number of carbonyl (C=O) groups excluding carboxylic acids is 1. The number of rotatable bonds is 2. The molecule has 1 fully saturated rings. The minimum absolute atomic E-state index is 0.0647. The van der Waals surface area contributed by atoms with Crippen molar-refractivity contribution in [2.45, 2.75) is 51.6 Å². The molecule has 2 atom stereocenters. The van der Waals surface area contributed by atoms with Gasteiger partial charge in [-0.2, -0.15) is 0 Å². The van der Waals surface area contributed by atoms with Gasteiger partial charge in [0, 0.05) is 11.6 Å². The van der Waals surface area contributed by atoms with Crippen molar-refractivity contribution in [2.75, 3.05) is 6.54 Å². The molecule has 4 heteroatoms. The molecule has 0 aromatic rings. The molecule has 1 aliphatic carbocycles. The molecule has 0 spiro atoms. The molecule has 1 saturated carbocycles. The molecule has 0 aliphatic heterocycles. The molecule has 88 valence electrons. The minimum Gasteiger partial charge on any atom is -0.335 e. The molecular formula is C11H23N3O. The number of nitrogens with two attached hydrogens (primary N) is 1. The summed E-state index contributed by atoms with van der Waals surface area (Å²) < 4.78 is 0. The highest BCUT2D eigenvalue weighted by Gasteiger charge is 2.25. The molecule has 1 rings (SSSR count). The molecular weight excluding hydrogens is 190 g/mol. The van der Waals surface area contributed by atoms with E-state index in [1.807, 2.05) is 20.8 Å². The van der Waals surface area contributed by atoms with Crippen LogP contribution in [0.4, 0.5) is 4.79 Å². The van der Waals surface area contributed by atoms with E-state index in [0.717, 1.165) is 25.8 Å². The van der Waals surface area contributed by atoms with E-state index in [0.29, 0.717) is 12.0 Å². The van der Waals surface area contributed by atoms with Crippen LogP contribution in [0.15, 0.2) is 0 Å². The molecule has 0 unspecified atom stereocenters. The Labute approximate surface area is 92.0 Å². The van der Waals surface area contributed by atoms with Crippen LogP contribution in [0.2, 0.25) is 0 Å². The monoisotopic (exact) mass is 213 g/mol. The van der Waals surface area contributed by atoms with Gasteiger partial charge < -0.3 is 16.4 Å². The van der Waals surface area contributed by atoms with Crippen molar-refractivity contribution in [1.29, 1.82) is 0 Å². The van der Waals surface area contributed by atoms with E-state index in [1.165, 1.54) is 0 Å². The second kappa shape index (κ2) is 4.84. The standard InChI is InChI=1S/C11H23N3O/c1-11(2,3)14-10(15)13-9-5-4-8(6-9)7-12/h8-9H,4-7,12H2,1-3H3,(H2,13,14,15)/t8-,9+/m0/s1. The summed E-state index contributed by atoms with van der Waals surface area (Å²) >= 11 is 0. The molecule has 15 heavy (non-hydrogen) atoms. The molecule has 0 radical (unpaired) electrons. The number of hydrogen-bond acceptors (Lipinski definition) is 2. The van der Waals surface area contributed by atoms with Crippen LogP contribution in [0.1, 0.15) is 40.0 Å². The number of hydrogen-bond donors (Lipinski definition) is 3. The first-order valence-corrected chi connectivity index (χ1v) is 5.69. The zero-order valence-electron chi connectivity index (χ0n) is 9.97. The highest BCUT2D eigenvalue weighted by Crippen LogP contribution is 2.24. The fraction of sp³-hybridized carbons (Fsp3) is 0.909. The van der Waals surface area contributed by atoms with Gasteiger partial charge in [-0.1, -0.05) is 0 Å². The first-order chi connectivity index (χ1) is 6.90. The maximum Gasteiger partial charge on any atom is 0.315 e. The first-order valence-electron chi connectivity index (χ1n) is 5.69. The summed E-state index contributed by atoms with van der Waals surface area (Å²) in [6, 6.07) is 0.242. The Bertz CT molecular complexity index is 222. The van der Waals surface area contributed by atoms with Crippen molar-refractivity contribution in [1.82, 2.24) is 10.6 Å². The summed E-state index contributed by atoms with van der Waals surface area (Å²) in [5.74, 6) is 0.588. The Balaban J connectivity index is 2.28. The molecule has 4 nitrogen and oxygen atoms in total. The number of amides is 2. The molecule has 1 aliphatic rings. The SMILES string of the molecule is CC(C)(C)NC(=O)N[C@@H]1CC[C@H](CN)C1. The highest BCUT2D eigenvalue weighted by molar-refractivity contribution is 5.75. The van der Waals surface area contributed by atoms with E-state index < -0.39 is 0 Å². The van der Waals surface area contributed by atoms with E-state index in [4.69, 9.17) is 5.73 Å². The third kappa shape index (κ3) is 4.51. The first kappa shape index (κ1) is 12.3. The summed E-state index contributed by atoms with van der Waals surface area (Å²) in [6.07, 6.45) is 3.21. The van der Waals surface area contributed by atoms with Crippen LogP contribution in [0.25, 0.3) is 0 Å². The van der Waals surface area contributed by atoms with Crippen LogP contribution in [-0.2, 0) is 0 Å². The Hall–Kier alpha value is -0.770. The molecule has 0 aromatic carbocycles. The van der Waals surface area contributed by atoms with E-state index in [1.54, 1.807) is 0 Å². The maximum atomic E-state index is 11.6. The van der Waals surface area contributed by atoms with Crippen molar-refractivity contribution in [2.24, 2.45) is 11.7 Å². The number of carbonyl (C=O) groups is 1. The fourth-order valence-electron chi connectivity index (χ4n) is 1.98. The van der Waals surface area contributed by atoms with Gasteiger partial charge >= 0.3 is 6.03 Å². The van der Waals surface area contributed by atoms with E-state index in [9.17, 15) is 4.79 Å². The van der Waals surface area contributed by atoms with Gasteiger partial charge in [0.25, 0.3) is 0 Å². The fourth-order valence-corrected chi connectivity index (χ4v) is 1.98. The summed E-state index contributed by atoms with van der Waals surface area (Å²) in [4.78, 5) is 11.6. The van der Waals surface area contributed by atoms with Gasteiger partial charge in [0.15, 0.2) is 0 Å². The lowest BCUT2D eigenvalue weighted by Crippen LogP contribution is -2.49. The van der Waals surface area contributed by atoms with Crippen molar-refractivity contribution >= 4 is 6.03 Å². The topological polar surface area (TPSA) is 67.2 Å². The van der Waals surface area contributed by atoms with Crippen molar-refractivity contribution < 1.29 is 4.79 Å². The van der Waals surface area contributed by atoms with E-state index >= 15 is 0 Å². The number of urea groups is 1. The van der Waals surface area contributed by atoms with Crippen LogP contribution < -0.4 is 16.4 Å². The Morgan fingerprint density at radius 1 is 1.40 bits per heavy atom. The van der Waals surface area contributed by atoms with Crippen LogP contribution in [-0.4, -0.2) is 24.2 Å². The maximum absolute atomic E-state index is 11.6. The quantitative estimate of drug-likeness (QED) is 0.645. The smallest absolute Gasteiger partial charge is 0.315 e. The van der Waals surface area contributed by atoms with Crippen LogP contribution in [0, 0.1) is 5.92 Å². The summed E-state index contributed by atoms with van der Waals surface area (Å²) in [6.45, 7) is 6.66. The van der Waals surface area contributed by atoms with Gasteiger partial charge in [-0.05, 0) is 52.5 Å². The third-order valence-corrected chi connectivity index (χ3v) is 2.70. The lowest BCUT2D eigenvalue weighted by atomic mass is 10.1. The van der Waals surface area contributed by atoms with Gasteiger partial charge in [0.05, 0.1) is 0 Å². The zero-order valence-corrected chi connectivity index (χ0v) is 9.97. The van der Waals surface area contributed by atoms with Crippen LogP contribution in [0.5, 0.6) is 0 Å². The molecule has 0 bridgehead atoms. The van der Waals surface area contributed by atoms with Crippen molar-refractivity contribution in [3.05, 3.63) is 0 Å². The Kier molecular flexibility index (Phi) is 3.97. The molecule has 4 N–H and O–H groups in total. The molecule has 0 saturated heterocycles. The van der Waals surface area contributed by atoms with Gasteiger partial charge in [0.1, 0.15) is 0 Å². The van der Waals surface area contributed by atoms with Crippen molar-refractivity contribution in [3.8, 4) is 0 Å². The van der Waals surface area contributed by atoms with Crippen LogP contribution in [0.3, 0.4) is 0 Å². The lowest BCUT2D eigenvalue weighted by molar-refractivity contribution is 0.228. The van der Waals surface area contributed by atoms with Crippen LogP contribution >= 0.6 is 0 Å². The third-order valence-electron chi connectivity index (χ3n) is 2.70. The average molecular weight is 213 g/mol. The largest absolute Gasteiger partial charge is 0.335 e. The van der Waals surface area contributed by atoms with Crippen molar-refractivity contribution in [3.63, 3.8) is 0 Å². The second-order valence-corrected chi connectivity index (χ2v) is 5.46. The summed E-state index contributed by atoms with van der Waals surface area (Å²) in [7, 11) is 0. The van der Waals surface area contributed by atoms with Gasteiger partial charge in [-0.15, -0.1) is 0 Å². The Morgan fingerprint density at radius 2 is 2.07 bits per heavy atom. The lowest BCUT2D eigenvalue weighted by Gasteiger charge is -2.22.